The molecule has 3 nitrogen and oxygen atoms in total. The summed E-state index contributed by atoms with van der Waals surface area (Å²) in [5.41, 5.74) is 1.03. The zero-order chi connectivity index (χ0) is 13.4. The Kier molecular flexibility index (Phi) is 3.36. The van der Waals surface area contributed by atoms with Crippen LogP contribution in [0.2, 0.25) is 0 Å². The molecule has 0 radical (unpaired) electrons. The summed E-state index contributed by atoms with van der Waals surface area (Å²) < 4.78 is 14.2. The van der Waals surface area contributed by atoms with E-state index in [4.69, 9.17) is 0 Å². The molecule has 1 aromatic carbocycles. The number of hydrogen-bond donors (Lipinski definition) is 1. The van der Waals surface area contributed by atoms with Crippen LogP contribution >= 0.6 is 27.3 Å². The van der Waals surface area contributed by atoms with E-state index in [1.807, 2.05) is 5.38 Å². The van der Waals surface area contributed by atoms with E-state index >= 15 is 0 Å². The molecule has 1 heterocycles. The molecule has 0 atom stereocenters. The van der Waals surface area contributed by atoms with Crippen LogP contribution in [0.15, 0.2) is 28.1 Å². The highest BCUT2D eigenvalue weighted by molar-refractivity contribution is 9.10. The molecule has 1 saturated carbocycles. The second kappa shape index (κ2) is 5.02. The minimum Gasteiger partial charge on any atom is -0.298 e. The molecule has 2 aromatic rings. The lowest BCUT2D eigenvalue weighted by Gasteiger charge is -2.03. The quantitative estimate of drug-likeness (QED) is 0.910. The first-order valence-electron chi connectivity index (χ1n) is 5.85. The van der Waals surface area contributed by atoms with Crippen molar-refractivity contribution in [3.8, 4) is 0 Å². The standard InChI is InChI=1S/C13H10BrFN2OS/c14-8-3-4-10(15)9(5-8)12(18)17-13-16-11(6-19-13)7-1-2-7/h3-7H,1-2H2,(H,16,17,18). The van der Waals surface area contributed by atoms with Gasteiger partial charge in [0.1, 0.15) is 5.82 Å². The van der Waals surface area contributed by atoms with Crippen molar-refractivity contribution in [3.05, 3.63) is 45.1 Å². The molecule has 19 heavy (non-hydrogen) atoms. The number of nitrogens with zero attached hydrogens (tertiary/aromatic N) is 1. The van der Waals surface area contributed by atoms with Crippen molar-refractivity contribution in [1.29, 1.82) is 0 Å². The molecule has 0 saturated heterocycles. The molecule has 98 valence electrons. The van der Waals surface area contributed by atoms with E-state index in [2.05, 4.69) is 26.2 Å². The lowest BCUT2D eigenvalue weighted by Crippen LogP contribution is -2.13. The zero-order valence-electron chi connectivity index (χ0n) is 9.82. The number of hydrogen-bond acceptors (Lipinski definition) is 3. The summed E-state index contributed by atoms with van der Waals surface area (Å²) in [5.74, 6) is -0.473. The number of halogens is 2. The van der Waals surface area contributed by atoms with E-state index in [1.54, 1.807) is 6.07 Å². The van der Waals surface area contributed by atoms with Gasteiger partial charge in [0.25, 0.3) is 5.91 Å². The minimum atomic E-state index is -0.542. The molecule has 1 aliphatic carbocycles. The van der Waals surface area contributed by atoms with E-state index in [9.17, 15) is 9.18 Å². The molecule has 3 rings (SSSR count). The van der Waals surface area contributed by atoms with Gasteiger partial charge in [-0.1, -0.05) is 15.9 Å². The Labute approximate surface area is 122 Å². The van der Waals surface area contributed by atoms with Gasteiger partial charge in [0, 0.05) is 15.8 Å². The van der Waals surface area contributed by atoms with Crippen LogP contribution in [0.4, 0.5) is 9.52 Å². The fourth-order valence-electron chi connectivity index (χ4n) is 1.75. The van der Waals surface area contributed by atoms with Gasteiger partial charge < -0.3 is 0 Å². The van der Waals surface area contributed by atoms with Gasteiger partial charge in [0.05, 0.1) is 11.3 Å². The first-order valence-corrected chi connectivity index (χ1v) is 7.52. The number of benzene rings is 1. The zero-order valence-corrected chi connectivity index (χ0v) is 12.2. The van der Waals surface area contributed by atoms with Crippen LogP contribution in [0.3, 0.4) is 0 Å². The summed E-state index contributed by atoms with van der Waals surface area (Å²) in [5, 5.41) is 5.11. The second-order valence-electron chi connectivity index (χ2n) is 4.43. The van der Waals surface area contributed by atoms with Gasteiger partial charge in [0.2, 0.25) is 0 Å². The van der Waals surface area contributed by atoms with Gasteiger partial charge in [-0.3, -0.25) is 10.1 Å². The summed E-state index contributed by atoms with van der Waals surface area (Å²) in [6, 6.07) is 4.28. The number of anilines is 1. The van der Waals surface area contributed by atoms with Crippen molar-refractivity contribution in [2.45, 2.75) is 18.8 Å². The molecule has 6 heteroatoms. The highest BCUT2D eigenvalue weighted by Crippen LogP contribution is 2.40. The maximum absolute atomic E-state index is 13.6. The van der Waals surface area contributed by atoms with Gasteiger partial charge in [-0.2, -0.15) is 0 Å². The maximum atomic E-state index is 13.6. The summed E-state index contributed by atoms with van der Waals surface area (Å²) in [6.45, 7) is 0. The molecule has 0 spiro atoms. The molecule has 1 aromatic heterocycles. The van der Waals surface area contributed by atoms with Crippen LogP contribution in [-0.4, -0.2) is 10.9 Å². The van der Waals surface area contributed by atoms with Gasteiger partial charge >= 0.3 is 0 Å². The number of carbonyl (C=O) groups excluding carboxylic acids is 1. The Morgan fingerprint density at radius 1 is 1.47 bits per heavy atom. The predicted octanol–water partition coefficient (Wildman–Crippen LogP) is 4.17. The van der Waals surface area contributed by atoms with Gasteiger partial charge in [-0.15, -0.1) is 11.3 Å². The lowest BCUT2D eigenvalue weighted by molar-refractivity contribution is 0.102. The molecule has 0 aliphatic heterocycles. The van der Waals surface area contributed by atoms with Crippen molar-refractivity contribution in [2.75, 3.05) is 5.32 Å². The molecule has 1 N–H and O–H groups in total. The number of nitrogens with one attached hydrogen (secondary N) is 1. The van der Waals surface area contributed by atoms with Crippen LogP contribution < -0.4 is 5.32 Å². The van der Waals surface area contributed by atoms with Crippen molar-refractivity contribution in [3.63, 3.8) is 0 Å². The Bertz CT molecular complexity index is 639. The largest absolute Gasteiger partial charge is 0.298 e. The smallest absolute Gasteiger partial charge is 0.260 e. The molecule has 0 bridgehead atoms. The summed E-state index contributed by atoms with van der Waals surface area (Å²) in [6.07, 6.45) is 2.33. The van der Waals surface area contributed by atoms with Crippen molar-refractivity contribution >= 4 is 38.3 Å². The van der Waals surface area contributed by atoms with Gasteiger partial charge in [0.15, 0.2) is 5.13 Å². The third-order valence-electron chi connectivity index (χ3n) is 2.91. The molecular formula is C13H10BrFN2OS. The van der Waals surface area contributed by atoms with Crippen LogP contribution in [0.1, 0.15) is 34.8 Å². The first-order chi connectivity index (χ1) is 9.13. The Balaban J connectivity index is 1.77. The van der Waals surface area contributed by atoms with E-state index in [-0.39, 0.29) is 5.56 Å². The van der Waals surface area contributed by atoms with Gasteiger partial charge in [-0.05, 0) is 31.0 Å². The van der Waals surface area contributed by atoms with Crippen LogP contribution in [-0.2, 0) is 0 Å². The summed E-state index contributed by atoms with van der Waals surface area (Å²) in [4.78, 5) is 16.3. The third-order valence-corrected chi connectivity index (χ3v) is 4.18. The maximum Gasteiger partial charge on any atom is 0.260 e. The van der Waals surface area contributed by atoms with Crippen LogP contribution in [0.5, 0.6) is 0 Å². The summed E-state index contributed by atoms with van der Waals surface area (Å²) >= 11 is 4.60. The number of thiazole rings is 1. The van der Waals surface area contributed by atoms with E-state index in [0.29, 0.717) is 15.5 Å². The Hall–Kier alpha value is -1.27. The SMILES string of the molecule is O=C(Nc1nc(C2CC2)cs1)c1cc(Br)ccc1F. The number of rotatable bonds is 3. The topological polar surface area (TPSA) is 42.0 Å². The normalized spacial score (nSPS) is 14.4. The number of amides is 1. The Morgan fingerprint density at radius 3 is 3.00 bits per heavy atom. The first kappa shape index (κ1) is 12.7. The molecule has 1 fully saturated rings. The van der Waals surface area contributed by atoms with Crippen LogP contribution in [0, 0.1) is 5.82 Å². The molecule has 1 aliphatic rings. The van der Waals surface area contributed by atoms with Crippen molar-refractivity contribution < 1.29 is 9.18 Å². The number of aromatic nitrogens is 1. The molecule has 1 amide bonds. The van der Waals surface area contributed by atoms with E-state index < -0.39 is 11.7 Å². The molecular weight excluding hydrogens is 331 g/mol. The summed E-state index contributed by atoms with van der Waals surface area (Å²) in [7, 11) is 0. The van der Waals surface area contributed by atoms with Crippen molar-refractivity contribution in [1.82, 2.24) is 4.98 Å². The van der Waals surface area contributed by atoms with Crippen LogP contribution in [0.25, 0.3) is 0 Å². The molecule has 0 unspecified atom stereocenters. The average Bonchev–Trinajstić information content (AvgIpc) is 3.13. The Morgan fingerprint density at radius 2 is 2.26 bits per heavy atom. The van der Waals surface area contributed by atoms with Gasteiger partial charge in [-0.25, -0.2) is 9.37 Å². The monoisotopic (exact) mass is 340 g/mol. The van der Waals surface area contributed by atoms with Crippen molar-refractivity contribution in [2.24, 2.45) is 0 Å². The second-order valence-corrected chi connectivity index (χ2v) is 6.20. The predicted molar refractivity (Wildman–Crippen MR) is 76.1 cm³/mol. The third kappa shape index (κ3) is 2.84. The minimum absolute atomic E-state index is 0.0116. The van der Waals surface area contributed by atoms with E-state index in [0.717, 1.165) is 18.5 Å². The highest BCUT2D eigenvalue weighted by atomic mass is 79.9. The highest BCUT2D eigenvalue weighted by Gasteiger charge is 2.26. The fraction of sp³-hybridized carbons (Fsp3) is 0.231. The number of carbonyl (C=O) groups is 1. The lowest BCUT2D eigenvalue weighted by atomic mass is 10.2. The average molecular weight is 341 g/mol. The van der Waals surface area contributed by atoms with E-state index in [1.165, 1.54) is 23.5 Å². The fourth-order valence-corrected chi connectivity index (χ4v) is 2.89.